The predicted molar refractivity (Wildman–Crippen MR) is 339 cm³/mol. The Morgan fingerprint density at radius 1 is 0.432 bits per heavy atom. The Bertz CT molecular complexity index is 4550. The van der Waals surface area contributed by atoms with Gasteiger partial charge in [-0.1, -0.05) is 222 Å². The lowest BCUT2D eigenvalue weighted by Gasteiger charge is -2.24. The summed E-state index contributed by atoms with van der Waals surface area (Å²) in [4.78, 5) is 4.93. The van der Waals surface area contributed by atoms with Gasteiger partial charge in [0.2, 0.25) is 0 Å². The summed E-state index contributed by atoms with van der Waals surface area (Å²) in [6.45, 7) is 26.5. The molecule has 12 aromatic rings. The van der Waals surface area contributed by atoms with Crippen LogP contribution in [0.15, 0.2) is 218 Å². The van der Waals surface area contributed by atoms with Gasteiger partial charge >= 0.3 is 0 Å². The van der Waals surface area contributed by atoms with E-state index in [4.69, 9.17) is 13.8 Å². The Labute approximate surface area is 485 Å². The standard InChI is InChI=1S/C76H72N4O/c1-73(2,3)56-34-31-51(32-35-56)52-33-38-68-70(45-52)78(60-27-20-28-61(47-60)81-62-36-37-64-63-29-16-17-30-67(63)80(69(64)48-62)71-46-59(39-40-77-71)76(10,11)12)49-79(68)72-65(53-23-18-25-57(41-53)74(4,5)6)43-55(50-21-14-13-15-22-50)44-66(72)54-24-19-26-58(42-54)75(7,8)9/h13-48H,1-12H3/i13D,14D,15D,21D,22D. The van der Waals surface area contributed by atoms with Crippen LogP contribution >= 0.6 is 0 Å². The number of fused-ring (bicyclic) bond motifs is 4. The molecule has 5 nitrogen and oxygen atoms in total. The molecule has 0 saturated heterocycles. The van der Waals surface area contributed by atoms with Gasteiger partial charge in [-0.2, -0.15) is 0 Å². The molecule has 3 aromatic heterocycles. The zero-order valence-corrected chi connectivity index (χ0v) is 48.6. The third-order valence-electron chi connectivity index (χ3n) is 15.7. The lowest BCUT2D eigenvalue weighted by molar-refractivity contribution is -0.571. The van der Waals surface area contributed by atoms with Gasteiger partial charge in [0.25, 0.3) is 6.33 Å². The number of nitrogens with zero attached hydrogens (tertiary/aromatic N) is 4. The minimum absolute atomic E-state index is 0.0174. The maximum absolute atomic E-state index is 9.33. The van der Waals surface area contributed by atoms with Gasteiger partial charge in [0.15, 0.2) is 0 Å². The second kappa shape index (κ2) is 20.1. The second-order valence-corrected chi connectivity index (χ2v) is 25.7. The minimum atomic E-state index is -0.436. The van der Waals surface area contributed by atoms with E-state index >= 15 is 0 Å². The van der Waals surface area contributed by atoms with Crippen LogP contribution in [0, 0.1) is 6.33 Å². The molecule has 5 heteroatoms. The number of ether oxygens (including phenoxy) is 1. The summed E-state index contributed by atoms with van der Waals surface area (Å²) in [5.74, 6) is 2.15. The predicted octanol–water partition coefficient (Wildman–Crippen LogP) is 19.8. The largest absolute Gasteiger partial charge is 0.458 e. The van der Waals surface area contributed by atoms with Crippen molar-refractivity contribution in [2.24, 2.45) is 0 Å². The van der Waals surface area contributed by atoms with Gasteiger partial charge in [0.1, 0.15) is 17.3 Å². The molecule has 0 amide bonds. The highest BCUT2D eigenvalue weighted by molar-refractivity contribution is 6.09. The minimum Gasteiger partial charge on any atom is -0.458 e. The molecule has 0 spiro atoms. The maximum Gasteiger partial charge on any atom is 0.269 e. The molecule has 0 N–H and O–H groups in total. The van der Waals surface area contributed by atoms with Crippen molar-refractivity contribution in [1.82, 2.24) is 14.1 Å². The number of benzene rings is 9. The van der Waals surface area contributed by atoms with E-state index in [1.54, 1.807) is 0 Å². The summed E-state index contributed by atoms with van der Waals surface area (Å²) in [5, 5.41) is 2.23. The van der Waals surface area contributed by atoms with Crippen molar-refractivity contribution in [2.75, 3.05) is 0 Å². The highest BCUT2D eigenvalue weighted by atomic mass is 16.5. The van der Waals surface area contributed by atoms with E-state index in [9.17, 15) is 2.74 Å². The average Bonchev–Trinajstić information content (AvgIpc) is 2.01. The van der Waals surface area contributed by atoms with Crippen LogP contribution in [0.4, 0.5) is 0 Å². The Morgan fingerprint density at radius 2 is 1.02 bits per heavy atom. The maximum atomic E-state index is 9.33. The molecule has 9 aromatic carbocycles. The van der Waals surface area contributed by atoms with E-state index in [1.807, 2.05) is 36.5 Å². The van der Waals surface area contributed by atoms with Crippen molar-refractivity contribution >= 4 is 32.8 Å². The monoisotopic (exact) mass is 1060 g/mol. The highest BCUT2D eigenvalue weighted by Gasteiger charge is 2.26. The molecule has 0 unspecified atom stereocenters. The molecule has 0 atom stereocenters. The third kappa shape index (κ3) is 10.3. The number of hydrogen-bond donors (Lipinski definition) is 0. The molecule has 0 bridgehead atoms. The van der Waals surface area contributed by atoms with Crippen LogP contribution in [0.5, 0.6) is 11.5 Å². The van der Waals surface area contributed by atoms with Crippen LogP contribution in [0.3, 0.4) is 0 Å². The van der Waals surface area contributed by atoms with Crippen molar-refractivity contribution in [2.45, 2.75) is 105 Å². The molecular weight excluding hydrogens is 985 g/mol. The third-order valence-corrected chi connectivity index (χ3v) is 15.7. The van der Waals surface area contributed by atoms with Gasteiger partial charge in [-0.15, -0.1) is 0 Å². The quantitative estimate of drug-likeness (QED) is 0.107. The first-order valence-corrected chi connectivity index (χ1v) is 28.1. The van der Waals surface area contributed by atoms with Crippen molar-refractivity contribution in [3.05, 3.63) is 247 Å². The van der Waals surface area contributed by atoms with Crippen LogP contribution in [0.25, 0.3) is 94.5 Å². The molecule has 3 heterocycles. The lowest BCUT2D eigenvalue weighted by atomic mass is 9.83. The highest BCUT2D eigenvalue weighted by Crippen LogP contribution is 2.42. The molecule has 0 radical (unpaired) electrons. The number of rotatable bonds is 9. The molecule has 0 aliphatic carbocycles. The Balaban J connectivity index is 1.11. The van der Waals surface area contributed by atoms with Crippen molar-refractivity contribution < 1.29 is 16.2 Å². The van der Waals surface area contributed by atoms with Crippen LogP contribution in [-0.4, -0.2) is 14.1 Å². The second-order valence-electron chi connectivity index (χ2n) is 25.7. The Hall–Kier alpha value is -8.80. The lowest BCUT2D eigenvalue weighted by Crippen LogP contribution is -2.31. The number of pyridine rings is 1. The van der Waals surface area contributed by atoms with Crippen molar-refractivity contribution in [1.29, 1.82) is 0 Å². The molecular formula is C76H72N4O. The molecule has 0 saturated carbocycles. The molecule has 0 aliphatic rings. The van der Waals surface area contributed by atoms with Gasteiger partial charge in [-0.3, -0.25) is 13.7 Å². The summed E-state index contributed by atoms with van der Waals surface area (Å²) >= 11 is 0. The van der Waals surface area contributed by atoms with Crippen LogP contribution in [0.2, 0.25) is 0 Å². The fraction of sp³-hybridized carbons (Fsp3) is 0.211. The number of hydrogen-bond acceptors (Lipinski definition) is 2. The van der Waals surface area contributed by atoms with Gasteiger partial charge in [-0.25, -0.2) is 4.98 Å². The normalized spacial score (nSPS) is 13.3. The zero-order valence-electron chi connectivity index (χ0n) is 53.6. The van der Waals surface area contributed by atoms with Gasteiger partial charge in [-0.05, 0) is 155 Å². The summed E-state index contributed by atoms with van der Waals surface area (Å²) in [6, 6.07) is 61.9. The average molecular weight is 1060 g/mol. The smallest absolute Gasteiger partial charge is 0.269 e. The van der Waals surface area contributed by atoms with Crippen LogP contribution < -0.4 is 9.30 Å². The van der Waals surface area contributed by atoms with Crippen molar-refractivity contribution in [3.8, 4) is 73.2 Å². The first kappa shape index (κ1) is 47.1. The van der Waals surface area contributed by atoms with E-state index < -0.39 is 6.04 Å². The number of imidazole rings is 1. The van der Waals surface area contributed by atoms with E-state index in [2.05, 4.69) is 255 Å². The topological polar surface area (TPSA) is 35.9 Å². The molecule has 12 rings (SSSR count). The fourth-order valence-electron chi connectivity index (χ4n) is 11.1. The molecule has 0 fully saturated rings. The van der Waals surface area contributed by atoms with E-state index in [0.717, 1.165) is 94.5 Å². The fourth-order valence-corrected chi connectivity index (χ4v) is 11.1. The SMILES string of the molecule is [2H]c1c([2H])c([2H])c(-c2cc(-c3cccc(C(C)(C)C)c3)c(-[n+]3[c-]n(-c4cccc(Oc5ccc6c7ccccc7n(-c7cc(C(C)(C)C)ccn7)c6c5)c4)c4cc(-c5ccc(C(C)(C)C)cc5)ccc43)c(-c3cccc(C(C)(C)C)c3)c2)c([2H])c1[2H]. The van der Waals surface area contributed by atoms with E-state index in [1.165, 1.54) is 11.1 Å². The molecule has 81 heavy (non-hydrogen) atoms. The first-order chi connectivity index (χ1) is 40.7. The Kier molecular flexibility index (Phi) is 11.7. The first-order valence-electron chi connectivity index (χ1n) is 30.6. The summed E-state index contributed by atoms with van der Waals surface area (Å²) < 4.78 is 58.4. The summed E-state index contributed by atoms with van der Waals surface area (Å²) in [6.07, 6.45) is 5.83. The summed E-state index contributed by atoms with van der Waals surface area (Å²) in [5.41, 5.74) is 15.7. The number of aromatic nitrogens is 4. The van der Waals surface area contributed by atoms with Crippen molar-refractivity contribution in [3.63, 3.8) is 0 Å². The van der Waals surface area contributed by atoms with E-state index in [0.29, 0.717) is 17.1 Å². The van der Waals surface area contributed by atoms with Crippen LogP contribution in [-0.2, 0) is 21.7 Å². The number of para-hydroxylation sites is 1. The van der Waals surface area contributed by atoms with Crippen LogP contribution in [0.1, 0.15) is 112 Å². The van der Waals surface area contributed by atoms with Gasteiger partial charge in [0, 0.05) is 23.0 Å². The molecule has 402 valence electrons. The van der Waals surface area contributed by atoms with Gasteiger partial charge in [0.05, 0.1) is 40.3 Å². The van der Waals surface area contributed by atoms with E-state index in [-0.39, 0.29) is 51.4 Å². The Morgan fingerprint density at radius 3 is 1.68 bits per heavy atom. The van der Waals surface area contributed by atoms with Gasteiger partial charge < -0.3 is 4.74 Å². The molecule has 0 aliphatic heterocycles. The summed E-state index contributed by atoms with van der Waals surface area (Å²) in [7, 11) is 0. The zero-order chi connectivity index (χ0) is 60.9.